The monoisotopic (exact) mass is 318 g/mol. The molecule has 0 spiro atoms. The molecule has 8 heteroatoms. The number of carboxylic acid groups (broad SMARTS) is 1. The third kappa shape index (κ3) is 3.48. The molecule has 1 aliphatic carbocycles. The first-order valence-electron chi connectivity index (χ1n) is 7.20. The summed E-state index contributed by atoms with van der Waals surface area (Å²) in [6.07, 6.45) is 3.31. The zero-order valence-corrected chi connectivity index (χ0v) is 13.0. The highest BCUT2D eigenvalue weighted by Gasteiger charge is 2.42. The second-order valence-corrected chi connectivity index (χ2v) is 8.35. The van der Waals surface area contributed by atoms with Crippen molar-refractivity contribution in [1.82, 2.24) is 10.2 Å². The predicted molar refractivity (Wildman–Crippen MR) is 76.8 cm³/mol. The summed E-state index contributed by atoms with van der Waals surface area (Å²) >= 11 is 0. The van der Waals surface area contributed by atoms with Gasteiger partial charge in [-0.05, 0) is 19.3 Å². The van der Waals surface area contributed by atoms with Crippen molar-refractivity contribution < 1.29 is 23.1 Å². The van der Waals surface area contributed by atoms with Gasteiger partial charge in [-0.15, -0.1) is 0 Å². The fourth-order valence-corrected chi connectivity index (χ4v) is 4.91. The molecule has 2 amide bonds. The molecule has 1 saturated heterocycles. The summed E-state index contributed by atoms with van der Waals surface area (Å²) in [5, 5.41) is 12.0. The minimum Gasteiger partial charge on any atom is -0.481 e. The standard InChI is InChI=1S/C13H22N2O5S/c1-15(10-4-7-21(19,20)8-10)12(18)14-9-13(11(16)17)5-2-3-6-13/h10H,2-9H2,1H3,(H,14,18)(H,16,17). The largest absolute Gasteiger partial charge is 0.481 e. The predicted octanol–water partition coefficient (Wildman–Crippen LogP) is 0.460. The number of carboxylic acids is 1. The van der Waals surface area contributed by atoms with Crippen LogP contribution in [-0.2, 0) is 14.6 Å². The smallest absolute Gasteiger partial charge is 0.317 e. The van der Waals surface area contributed by atoms with Crippen molar-refractivity contribution in [2.75, 3.05) is 25.1 Å². The van der Waals surface area contributed by atoms with Crippen molar-refractivity contribution in [2.45, 2.75) is 38.1 Å². The van der Waals surface area contributed by atoms with E-state index in [0.717, 1.165) is 12.8 Å². The van der Waals surface area contributed by atoms with Crippen LogP contribution in [0.4, 0.5) is 4.79 Å². The molecule has 120 valence electrons. The quantitative estimate of drug-likeness (QED) is 0.783. The first-order chi connectivity index (χ1) is 9.76. The summed E-state index contributed by atoms with van der Waals surface area (Å²) < 4.78 is 22.9. The number of aliphatic carboxylic acids is 1. The maximum Gasteiger partial charge on any atom is 0.317 e. The molecule has 7 nitrogen and oxygen atoms in total. The van der Waals surface area contributed by atoms with Gasteiger partial charge in [-0.3, -0.25) is 4.79 Å². The number of amides is 2. The van der Waals surface area contributed by atoms with Gasteiger partial charge in [0.2, 0.25) is 0 Å². The molecule has 0 aromatic heterocycles. The Morgan fingerprint density at radius 2 is 1.95 bits per heavy atom. The lowest BCUT2D eigenvalue weighted by atomic mass is 9.86. The first kappa shape index (κ1) is 16.1. The Bertz CT molecular complexity index is 525. The topological polar surface area (TPSA) is 104 Å². The van der Waals surface area contributed by atoms with E-state index in [1.165, 1.54) is 4.90 Å². The van der Waals surface area contributed by atoms with Crippen LogP contribution in [0.1, 0.15) is 32.1 Å². The molecule has 1 saturated carbocycles. The van der Waals surface area contributed by atoms with E-state index < -0.39 is 27.3 Å². The molecule has 0 aromatic rings. The Labute approximate surface area is 124 Å². The van der Waals surface area contributed by atoms with Crippen LogP contribution < -0.4 is 5.32 Å². The van der Waals surface area contributed by atoms with Gasteiger partial charge >= 0.3 is 12.0 Å². The number of hydrogen-bond donors (Lipinski definition) is 2. The molecule has 2 aliphatic rings. The van der Waals surface area contributed by atoms with E-state index in [9.17, 15) is 23.1 Å². The van der Waals surface area contributed by atoms with Gasteiger partial charge in [-0.25, -0.2) is 13.2 Å². The summed E-state index contributed by atoms with van der Waals surface area (Å²) in [5.41, 5.74) is -0.863. The average Bonchev–Trinajstić information content (AvgIpc) is 3.02. The lowest BCUT2D eigenvalue weighted by molar-refractivity contribution is -0.148. The fourth-order valence-electron chi connectivity index (χ4n) is 3.13. The van der Waals surface area contributed by atoms with Crippen LogP contribution in [-0.4, -0.2) is 61.6 Å². The second-order valence-electron chi connectivity index (χ2n) is 6.12. The number of nitrogens with one attached hydrogen (secondary N) is 1. The Morgan fingerprint density at radius 3 is 2.43 bits per heavy atom. The minimum atomic E-state index is -3.05. The minimum absolute atomic E-state index is 0.0129. The van der Waals surface area contributed by atoms with Gasteiger partial charge in [0.25, 0.3) is 0 Å². The second kappa shape index (κ2) is 5.82. The van der Waals surface area contributed by atoms with Crippen molar-refractivity contribution in [2.24, 2.45) is 5.41 Å². The maximum absolute atomic E-state index is 12.1. The molecule has 1 aliphatic heterocycles. The average molecular weight is 318 g/mol. The highest BCUT2D eigenvalue weighted by atomic mass is 32.2. The van der Waals surface area contributed by atoms with Crippen LogP contribution in [0.3, 0.4) is 0 Å². The molecular formula is C13H22N2O5S. The maximum atomic E-state index is 12.1. The van der Waals surface area contributed by atoms with E-state index in [4.69, 9.17) is 0 Å². The Morgan fingerprint density at radius 1 is 1.33 bits per heavy atom. The van der Waals surface area contributed by atoms with Crippen LogP contribution in [0.15, 0.2) is 0 Å². The summed E-state index contributed by atoms with van der Waals surface area (Å²) in [4.78, 5) is 24.9. The van der Waals surface area contributed by atoms with Crippen molar-refractivity contribution in [3.63, 3.8) is 0 Å². The van der Waals surface area contributed by atoms with E-state index in [1.54, 1.807) is 7.05 Å². The summed E-state index contributed by atoms with van der Waals surface area (Å²) in [5.74, 6) is -0.776. The van der Waals surface area contributed by atoms with E-state index in [-0.39, 0.29) is 24.1 Å². The lowest BCUT2D eigenvalue weighted by Crippen LogP contribution is -2.48. The third-order valence-corrected chi connectivity index (χ3v) is 6.42. The molecule has 2 rings (SSSR count). The molecule has 0 aromatic carbocycles. The van der Waals surface area contributed by atoms with E-state index in [2.05, 4.69) is 5.32 Å². The van der Waals surface area contributed by atoms with Crippen LogP contribution in [0.5, 0.6) is 0 Å². The number of sulfone groups is 1. The Balaban J connectivity index is 1.91. The summed E-state index contributed by atoms with van der Waals surface area (Å²) in [6.45, 7) is 0.102. The van der Waals surface area contributed by atoms with Gasteiger partial charge in [0.15, 0.2) is 9.84 Å². The van der Waals surface area contributed by atoms with Crippen LogP contribution >= 0.6 is 0 Å². The zero-order chi connectivity index (χ0) is 15.7. The number of rotatable bonds is 4. The number of urea groups is 1. The Hall–Kier alpha value is -1.31. The highest BCUT2D eigenvalue weighted by Crippen LogP contribution is 2.37. The zero-order valence-electron chi connectivity index (χ0n) is 12.2. The third-order valence-electron chi connectivity index (χ3n) is 4.67. The fraction of sp³-hybridized carbons (Fsp3) is 0.846. The van der Waals surface area contributed by atoms with E-state index in [1.807, 2.05) is 0 Å². The summed E-state index contributed by atoms with van der Waals surface area (Å²) in [7, 11) is -1.49. The van der Waals surface area contributed by atoms with Gasteiger partial charge in [-0.2, -0.15) is 0 Å². The number of carbonyl (C=O) groups is 2. The van der Waals surface area contributed by atoms with Gasteiger partial charge in [0.1, 0.15) is 0 Å². The van der Waals surface area contributed by atoms with Crippen LogP contribution in [0, 0.1) is 5.41 Å². The van der Waals surface area contributed by atoms with Crippen molar-refractivity contribution >= 4 is 21.8 Å². The van der Waals surface area contributed by atoms with Gasteiger partial charge < -0.3 is 15.3 Å². The van der Waals surface area contributed by atoms with Crippen LogP contribution in [0.25, 0.3) is 0 Å². The highest BCUT2D eigenvalue weighted by molar-refractivity contribution is 7.91. The molecule has 1 heterocycles. The molecule has 0 bridgehead atoms. The molecule has 2 fully saturated rings. The SMILES string of the molecule is CN(C(=O)NCC1(C(=O)O)CCCC1)C1CCS(=O)(=O)C1. The van der Waals surface area contributed by atoms with Crippen molar-refractivity contribution in [1.29, 1.82) is 0 Å². The Kier molecular flexibility index (Phi) is 4.46. The molecule has 1 atom stereocenters. The van der Waals surface area contributed by atoms with E-state index in [0.29, 0.717) is 19.3 Å². The van der Waals surface area contributed by atoms with E-state index >= 15 is 0 Å². The van der Waals surface area contributed by atoms with Gasteiger partial charge in [0, 0.05) is 19.6 Å². The van der Waals surface area contributed by atoms with Crippen molar-refractivity contribution in [3.05, 3.63) is 0 Å². The van der Waals surface area contributed by atoms with Gasteiger partial charge in [-0.1, -0.05) is 12.8 Å². The number of hydrogen-bond acceptors (Lipinski definition) is 4. The lowest BCUT2D eigenvalue weighted by Gasteiger charge is -2.28. The molecule has 21 heavy (non-hydrogen) atoms. The summed E-state index contributed by atoms with van der Waals surface area (Å²) in [6, 6.07) is -0.719. The van der Waals surface area contributed by atoms with Gasteiger partial charge in [0.05, 0.1) is 16.9 Å². The first-order valence-corrected chi connectivity index (χ1v) is 9.02. The molecular weight excluding hydrogens is 296 g/mol. The molecule has 1 unspecified atom stereocenters. The number of nitrogens with zero attached hydrogens (tertiary/aromatic N) is 1. The van der Waals surface area contributed by atoms with Crippen LogP contribution in [0.2, 0.25) is 0 Å². The molecule has 0 radical (unpaired) electrons. The normalized spacial score (nSPS) is 26.4. The van der Waals surface area contributed by atoms with Crippen molar-refractivity contribution in [3.8, 4) is 0 Å². The molecule has 2 N–H and O–H groups in total. The number of carbonyl (C=O) groups excluding carboxylic acids is 1.